The molecule has 1 atom stereocenters. The molecule has 3 aromatic rings. The van der Waals surface area contributed by atoms with E-state index in [0.29, 0.717) is 43.5 Å². The average Bonchev–Trinajstić information content (AvgIpc) is 2.87. The Balaban J connectivity index is 1.52. The Kier molecular flexibility index (Phi) is 9.02. The number of halogens is 1. The van der Waals surface area contributed by atoms with Gasteiger partial charge in [-0.3, -0.25) is 4.90 Å². The van der Waals surface area contributed by atoms with Crippen molar-refractivity contribution in [3.63, 3.8) is 0 Å². The Morgan fingerprint density at radius 3 is 2.33 bits per heavy atom. The van der Waals surface area contributed by atoms with Gasteiger partial charge in [-0.25, -0.2) is 14.4 Å². The highest BCUT2D eigenvalue weighted by Gasteiger charge is 2.24. The molecule has 192 valence electrons. The summed E-state index contributed by atoms with van der Waals surface area (Å²) in [4.78, 5) is 14.3. The average molecular weight is 493 g/mol. The van der Waals surface area contributed by atoms with Gasteiger partial charge in [0.1, 0.15) is 11.6 Å². The Hall–Kier alpha value is -2.87. The van der Waals surface area contributed by atoms with Crippen LogP contribution in [-0.4, -0.2) is 72.0 Å². The van der Waals surface area contributed by atoms with Gasteiger partial charge in [-0.15, -0.1) is 0 Å². The summed E-state index contributed by atoms with van der Waals surface area (Å²) in [5.74, 6) is 1.79. The van der Waals surface area contributed by atoms with Gasteiger partial charge >= 0.3 is 0 Å². The van der Waals surface area contributed by atoms with Crippen LogP contribution in [0.15, 0.2) is 54.6 Å². The third kappa shape index (κ3) is 6.87. The van der Waals surface area contributed by atoms with Crippen molar-refractivity contribution < 1.29 is 14.2 Å². The van der Waals surface area contributed by atoms with E-state index in [4.69, 9.17) is 14.7 Å². The lowest BCUT2D eigenvalue weighted by atomic mass is 10.0. The highest BCUT2D eigenvalue weighted by atomic mass is 19.1. The van der Waals surface area contributed by atoms with Crippen LogP contribution in [0.3, 0.4) is 0 Å². The standard InChI is InChI=1S/C29H37FN4O2/c1-21(2)19-36-20-25(35)18-33-13-15-34(16-14-33)29-26(17-24-11-7-8-12-27(24)30)22(3)31-28(32-29)23-9-5-4-6-10-23/h4-12,21,25,35H,13-20H2,1-3H3/t25-/m1/s1. The van der Waals surface area contributed by atoms with E-state index in [9.17, 15) is 9.50 Å². The molecular weight excluding hydrogens is 455 g/mol. The molecule has 0 bridgehead atoms. The van der Waals surface area contributed by atoms with Crippen molar-refractivity contribution >= 4 is 5.82 Å². The molecule has 4 rings (SSSR count). The first kappa shape index (κ1) is 26.2. The number of aliphatic hydroxyl groups excluding tert-OH is 1. The van der Waals surface area contributed by atoms with Gasteiger partial charge in [0.25, 0.3) is 0 Å². The Morgan fingerprint density at radius 1 is 0.944 bits per heavy atom. The zero-order valence-corrected chi connectivity index (χ0v) is 21.5. The second-order valence-electron chi connectivity index (χ2n) is 9.94. The molecule has 2 heterocycles. The van der Waals surface area contributed by atoms with Gasteiger partial charge < -0.3 is 14.7 Å². The maximum Gasteiger partial charge on any atom is 0.161 e. The third-order valence-corrected chi connectivity index (χ3v) is 6.45. The van der Waals surface area contributed by atoms with E-state index < -0.39 is 6.10 Å². The summed E-state index contributed by atoms with van der Waals surface area (Å²) >= 11 is 0. The van der Waals surface area contributed by atoms with Crippen LogP contribution in [0.4, 0.5) is 10.2 Å². The summed E-state index contributed by atoms with van der Waals surface area (Å²) in [6.45, 7) is 11.0. The summed E-state index contributed by atoms with van der Waals surface area (Å²) in [5.41, 5.74) is 3.42. The van der Waals surface area contributed by atoms with E-state index in [-0.39, 0.29) is 5.82 Å². The maximum absolute atomic E-state index is 14.5. The summed E-state index contributed by atoms with van der Waals surface area (Å²) < 4.78 is 20.1. The van der Waals surface area contributed by atoms with Crippen LogP contribution < -0.4 is 4.90 Å². The molecule has 7 heteroatoms. The predicted octanol–water partition coefficient (Wildman–Crippen LogP) is 4.34. The molecule has 1 N–H and O–H groups in total. The molecule has 2 aromatic carbocycles. The minimum absolute atomic E-state index is 0.214. The van der Waals surface area contributed by atoms with Crippen LogP contribution in [0.5, 0.6) is 0 Å². The lowest BCUT2D eigenvalue weighted by Gasteiger charge is -2.37. The van der Waals surface area contributed by atoms with E-state index in [1.165, 1.54) is 6.07 Å². The van der Waals surface area contributed by atoms with Crippen LogP contribution in [0, 0.1) is 18.7 Å². The topological polar surface area (TPSA) is 61.7 Å². The minimum atomic E-state index is -0.502. The van der Waals surface area contributed by atoms with Gasteiger partial charge in [-0.05, 0) is 24.5 Å². The van der Waals surface area contributed by atoms with Crippen molar-refractivity contribution in [2.75, 3.05) is 50.8 Å². The number of β-amino-alcohol motifs (C(OH)–C–C–N with tert-alkyl or cyclic N) is 1. The molecule has 0 spiro atoms. The van der Waals surface area contributed by atoms with Crippen LogP contribution in [0.2, 0.25) is 0 Å². The predicted molar refractivity (Wildman–Crippen MR) is 142 cm³/mol. The molecule has 36 heavy (non-hydrogen) atoms. The second-order valence-corrected chi connectivity index (χ2v) is 9.94. The molecule has 1 fully saturated rings. The van der Waals surface area contributed by atoms with Crippen molar-refractivity contribution in [2.24, 2.45) is 5.92 Å². The van der Waals surface area contributed by atoms with Gasteiger partial charge in [0.2, 0.25) is 0 Å². The van der Waals surface area contributed by atoms with E-state index in [2.05, 4.69) is 23.6 Å². The quantitative estimate of drug-likeness (QED) is 0.454. The summed E-state index contributed by atoms with van der Waals surface area (Å²) in [6.07, 6.45) is -0.0624. The van der Waals surface area contributed by atoms with Gasteiger partial charge in [0.15, 0.2) is 5.82 Å². The SMILES string of the molecule is Cc1nc(-c2ccccc2)nc(N2CCN(C[C@@H](O)COCC(C)C)CC2)c1Cc1ccccc1F. The molecule has 0 amide bonds. The normalized spacial score (nSPS) is 15.4. The van der Waals surface area contributed by atoms with Crippen molar-refractivity contribution in [1.29, 1.82) is 0 Å². The highest BCUT2D eigenvalue weighted by molar-refractivity contribution is 5.61. The first-order chi connectivity index (χ1) is 17.4. The number of nitrogens with zero attached hydrogens (tertiary/aromatic N) is 4. The number of benzene rings is 2. The van der Waals surface area contributed by atoms with E-state index in [1.807, 2.05) is 49.4 Å². The molecule has 1 aromatic heterocycles. The van der Waals surface area contributed by atoms with E-state index in [0.717, 1.165) is 48.8 Å². The number of rotatable bonds is 10. The number of hydrogen-bond donors (Lipinski definition) is 1. The number of hydrogen-bond acceptors (Lipinski definition) is 6. The minimum Gasteiger partial charge on any atom is -0.389 e. The summed E-state index contributed by atoms with van der Waals surface area (Å²) in [7, 11) is 0. The number of piperazine rings is 1. The molecule has 0 unspecified atom stereocenters. The van der Waals surface area contributed by atoms with Gasteiger partial charge in [0, 0.05) is 62.6 Å². The Labute approximate surface area is 213 Å². The molecule has 0 aliphatic carbocycles. The summed E-state index contributed by atoms with van der Waals surface area (Å²) in [6, 6.07) is 16.9. The Morgan fingerprint density at radius 2 is 1.64 bits per heavy atom. The molecule has 1 aliphatic heterocycles. The molecule has 0 saturated carbocycles. The van der Waals surface area contributed by atoms with Gasteiger partial charge in [0.05, 0.1) is 12.7 Å². The fourth-order valence-corrected chi connectivity index (χ4v) is 4.53. The van der Waals surface area contributed by atoms with Crippen molar-refractivity contribution in [3.05, 3.63) is 77.2 Å². The van der Waals surface area contributed by atoms with Crippen LogP contribution in [0.25, 0.3) is 11.4 Å². The molecule has 0 radical (unpaired) electrons. The van der Waals surface area contributed by atoms with Gasteiger partial charge in [-0.1, -0.05) is 62.4 Å². The molecular formula is C29H37FN4O2. The third-order valence-electron chi connectivity index (χ3n) is 6.45. The van der Waals surface area contributed by atoms with Crippen molar-refractivity contribution in [1.82, 2.24) is 14.9 Å². The zero-order valence-electron chi connectivity index (χ0n) is 21.5. The maximum atomic E-state index is 14.5. The number of aliphatic hydroxyl groups is 1. The summed E-state index contributed by atoms with van der Waals surface area (Å²) in [5, 5.41) is 10.4. The first-order valence-corrected chi connectivity index (χ1v) is 12.8. The van der Waals surface area contributed by atoms with Crippen LogP contribution in [0.1, 0.15) is 30.7 Å². The van der Waals surface area contributed by atoms with Crippen LogP contribution >= 0.6 is 0 Å². The largest absolute Gasteiger partial charge is 0.389 e. The van der Waals surface area contributed by atoms with E-state index >= 15 is 0 Å². The van der Waals surface area contributed by atoms with E-state index in [1.54, 1.807) is 6.07 Å². The smallest absolute Gasteiger partial charge is 0.161 e. The number of aryl methyl sites for hydroxylation is 1. The fraction of sp³-hybridized carbons (Fsp3) is 0.448. The lowest BCUT2D eigenvalue weighted by Crippen LogP contribution is -2.49. The van der Waals surface area contributed by atoms with Gasteiger partial charge in [-0.2, -0.15) is 0 Å². The number of anilines is 1. The first-order valence-electron chi connectivity index (χ1n) is 12.8. The van der Waals surface area contributed by atoms with Crippen molar-refractivity contribution in [2.45, 2.75) is 33.3 Å². The number of ether oxygens (including phenoxy) is 1. The van der Waals surface area contributed by atoms with Crippen LogP contribution in [-0.2, 0) is 11.2 Å². The second kappa shape index (κ2) is 12.4. The molecule has 1 saturated heterocycles. The molecule has 1 aliphatic rings. The number of aromatic nitrogens is 2. The Bertz CT molecular complexity index is 1120. The zero-order chi connectivity index (χ0) is 25.5. The molecule has 6 nitrogen and oxygen atoms in total. The monoisotopic (exact) mass is 492 g/mol. The fourth-order valence-electron chi connectivity index (χ4n) is 4.53. The highest BCUT2D eigenvalue weighted by Crippen LogP contribution is 2.29. The lowest BCUT2D eigenvalue weighted by molar-refractivity contribution is 0.00745. The van der Waals surface area contributed by atoms with Crippen molar-refractivity contribution in [3.8, 4) is 11.4 Å².